The van der Waals surface area contributed by atoms with Crippen molar-refractivity contribution in [3.05, 3.63) is 54.2 Å². The molecule has 0 radical (unpaired) electrons. The molecule has 0 unspecified atom stereocenters. The first-order chi connectivity index (χ1) is 14.1. The second-order valence-corrected chi connectivity index (χ2v) is 6.96. The van der Waals surface area contributed by atoms with Crippen molar-refractivity contribution >= 4 is 41.5 Å². The van der Waals surface area contributed by atoms with Crippen molar-refractivity contribution in [1.82, 2.24) is 15.1 Å². The minimum absolute atomic E-state index is 0. The van der Waals surface area contributed by atoms with Crippen LogP contribution in [-0.4, -0.2) is 75.0 Å². The van der Waals surface area contributed by atoms with Crippen LogP contribution in [0.25, 0.3) is 0 Å². The van der Waals surface area contributed by atoms with Crippen molar-refractivity contribution in [2.24, 2.45) is 4.99 Å². The Bertz CT molecular complexity index is 823. The van der Waals surface area contributed by atoms with E-state index in [1.165, 1.54) is 12.3 Å². The molecule has 7 nitrogen and oxygen atoms in total. The van der Waals surface area contributed by atoms with Gasteiger partial charge in [0.1, 0.15) is 5.82 Å². The number of anilines is 1. The van der Waals surface area contributed by atoms with E-state index in [0.29, 0.717) is 37.6 Å². The van der Waals surface area contributed by atoms with Gasteiger partial charge < -0.3 is 24.4 Å². The second-order valence-electron chi connectivity index (χ2n) is 6.96. The molecule has 1 aromatic carbocycles. The van der Waals surface area contributed by atoms with Crippen molar-refractivity contribution in [1.29, 1.82) is 0 Å². The Labute approximate surface area is 193 Å². The molecule has 1 aliphatic rings. The molecule has 164 valence electrons. The van der Waals surface area contributed by atoms with Gasteiger partial charge in [0.15, 0.2) is 11.7 Å². The van der Waals surface area contributed by atoms with Gasteiger partial charge in [-0.25, -0.2) is 4.39 Å². The number of halogens is 2. The molecular formula is C21H29FIN5O2. The molecule has 1 aliphatic heterocycles. The largest absolute Gasteiger partial charge is 0.459 e. The molecular weight excluding hydrogens is 500 g/mol. The third kappa shape index (κ3) is 6.10. The minimum atomic E-state index is -0.208. The molecule has 3 rings (SSSR count). The Balaban J connectivity index is 0.00000320. The number of nitrogens with zero attached hydrogens (tertiary/aromatic N) is 4. The van der Waals surface area contributed by atoms with E-state index in [9.17, 15) is 9.18 Å². The number of aliphatic imine (C=N–C) groups is 1. The van der Waals surface area contributed by atoms with Crippen LogP contribution in [0.3, 0.4) is 0 Å². The van der Waals surface area contributed by atoms with Crippen molar-refractivity contribution < 1.29 is 13.6 Å². The van der Waals surface area contributed by atoms with Gasteiger partial charge in [-0.1, -0.05) is 12.1 Å². The van der Waals surface area contributed by atoms with E-state index in [1.807, 2.05) is 18.0 Å². The van der Waals surface area contributed by atoms with Gasteiger partial charge in [0, 0.05) is 53.4 Å². The second kappa shape index (κ2) is 11.8. The SMILES string of the molecule is CN=C(NCCCN(C)c1ccccc1F)N1CCN(C(=O)c2ccco2)CC1.I. The topological polar surface area (TPSA) is 64.3 Å². The van der Waals surface area contributed by atoms with E-state index >= 15 is 0 Å². The number of furan rings is 1. The summed E-state index contributed by atoms with van der Waals surface area (Å²) in [6.45, 7) is 4.13. The maximum absolute atomic E-state index is 13.8. The highest BCUT2D eigenvalue weighted by molar-refractivity contribution is 14.0. The number of amides is 1. The monoisotopic (exact) mass is 529 g/mol. The zero-order valence-electron chi connectivity index (χ0n) is 17.4. The summed E-state index contributed by atoms with van der Waals surface area (Å²) in [6.07, 6.45) is 2.36. The van der Waals surface area contributed by atoms with Crippen LogP contribution >= 0.6 is 24.0 Å². The van der Waals surface area contributed by atoms with Crippen LogP contribution in [0.1, 0.15) is 17.0 Å². The lowest BCUT2D eigenvalue weighted by atomic mass is 10.2. The molecule has 2 heterocycles. The highest BCUT2D eigenvalue weighted by atomic mass is 127. The van der Waals surface area contributed by atoms with Gasteiger partial charge in [0.2, 0.25) is 0 Å². The fourth-order valence-corrected chi connectivity index (χ4v) is 3.41. The molecule has 0 saturated carbocycles. The molecule has 1 saturated heterocycles. The summed E-state index contributed by atoms with van der Waals surface area (Å²) >= 11 is 0. The zero-order chi connectivity index (χ0) is 20.6. The lowest BCUT2D eigenvalue weighted by molar-refractivity contribution is 0.0658. The average molecular weight is 529 g/mol. The van der Waals surface area contributed by atoms with Crippen molar-refractivity contribution in [2.45, 2.75) is 6.42 Å². The molecule has 0 aliphatic carbocycles. The number of rotatable bonds is 6. The first-order valence-electron chi connectivity index (χ1n) is 9.84. The smallest absolute Gasteiger partial charge is 0.289 e. The molecule has 0 spiro atoms. The van der Waals surface area contributed by atoms with Crippen LogP contribution in [0.2, 0.25) is 0 Å². The van der Waals surface area contributed by atoms with Crippen LogP contribution in [0, 0.1) is 5.82 Å². The normalized spacial score (nSPS) is 14.3. The van der Waals surface area contributed by atoms with Gasteiger partial charge in [-0.05, 0) is 30.7 Å². The van der Waals surface area contributed by atoms with E-state index in [1.54, 1.807) is 36.2 Å². The Morgan fingerprint density at radius 2 is 1.87 bits per heavy atom. The summed E-state index contributed by atoms with van der Waals surface area (Å²) in [5.74, 6) is 0.915. The number of para-hydroxylation sites is 1. The third-order valence-electron chi connectivity index (χ3n) is 5.03. The van der Waals surface area contributed by atoms with E-state index in [4.69, 9.17) is 4.42 Å². The Hall–Kier alpha value is -2.30. The summed E-state index contributed by atoms with van der Waals surface area (Å²) in [7, 11) is 3.65. The fraction of sp³-hybridized carbons (Fsp3) is 0.429. The molecule has 0 atom stereocenters. The van der Waals surface area contributed by atoms with E-state index in [-0.39, 0.29) is 35.7 Å². The van der Waals surface area contributed by atoms with Gasteiger partial charge in [0.05, 0.1) is 12.0 Å². The number of nitrogens with one attached hydrogen (secondary N) is 1. The number of hydrogen-bond acceptors (Lipinski definition) is 4. The number of guanidine groups is 1. The summed E-state index contributed by atoms with van der Waals surface area (Å²) in [5, 5.41) is 3.37. The lowest BCUT2D eigenvalue weighted by Gasteiger charge is -2.36. The molecule has 9 heteroatoms. The van der Waals surface area contributed by atoms with Crippen LogP contribution in [0.5, 0.6) is 0 Å². The number of carbonyl (C=O) groups is 1. The standard InChI is InChI=1S/C21H28FN5O2.HI/c1-23-21(24-10-6-11-25(2)18-8-4-3-7-17(18)22)27-14-12-26(13-15-27)20(28)19-9-5-16-29-19;/h3-5,7-9,16H,6,10-15H2,1-2H3,(H,23,24);1H. The Kier molecular flexibility index (Phi) is 9.41. The van der Waals surface area contributed by atoms with Crippen LogP contribution in [0.15, 0.2) is 52.1 Å². The highest BCUT2D eigenvalue weighted by Gasteiger charge is 2.25. The van der Waals surface area contributed by atoms with Crippen molar-refractivity contribution in [3.63, 3.8) is 0 Å². The summed E-state index contributed by atoms with van der Waals surface area (Å²) in [4.78, 5) is 22.6. The predicted octanol–water partition coefficient (Wildman–Crippen LogP) is 2.90. The first-order valence-corrected chi connectivity index (χ1v) is 9.84. The number of benzene rings is 1. The lowest BCUT2D eigenvalue weighted by Crippen LogP contribution is -2.53. The molecule has 30 heavy (non-hydrogen) atoms. The maximum Gasteiger partial charge on any atom is 0.289 e. The first kappa shape index (κ1) is 24.0. The zero-order valence-corrected chi connectivity index (χ0v) is 19.7. The average Bonchev–Trinajstić information content (AvgIpc) is 3.28. The Morgan fingerprint density at radius 1 is 1.17 bits per heavy atom. The van der Waals surface area contributed by atoms with E-state index in [2.05, 4.69) is 15.2 Å². The molecule has 0 bridgehead atoms. The van der Waals surface area contributed by atoms with Crippen molar-refractivity contribution in [2.75, 3.05) is 58.3 Å². The molecule has 2 aromatic rings. The van der Waals surface area contributed by atoms with E-state index in [0.717, 1.165) is 25.5 Å². The molecule has 1 amide bonds. The quantitative estimate of drug-likeness (QED) is 0.270. The summed E-state index contributed by atoms with van der Waals surface area (Å²) in [6, 6.07) is 10.2. The molecule has 1 N–H and O–H groups in total. The molecule has 1 fully saturated rings. The summed E-state index contributed by atoms with van der Waals surface area (Å²) < 4.78 is 19.0. The minimum Gasteiger partial charge on any atom is -0.459 e. The maximum atomic E-state index is 13.8. The van der Waals surface area contributed by atoms with E-state index < -0.39 is 0 Å². The van der Waals surface area contributed by atoms with Gasteiger partial charge in [-0.3, -0.25) is 9.79 Å². The number of hydrogen-bond donors (Lipinski definition) is 1. The van der Waals surface area contributed by atoms with Gasteiger partial charge in [0.25, 0.3) is 5.91 Å². The Morgan fingerprint density at radius 3 is 2.50 bits per heavy atom. The summed E-state index contributed by atoms with van der Waals surface area (Å²) in [5.41, 5.74) is 0.606. The van der Waals surface area contributed by atoms with Crippen LogP contribution in [0.4, 0.5) is 10.1 Å². The predicted molar refractivity (Wildman–Crippen MR) is 127 cm³/mol. The fourth-order valence-electron chi connectivity index (χ4n) is 3.41. The number of piperazine rings is 1. The van der Waals surface area contributed by atoms with Crippen LogP contribution < -0.4 is 10.2 Å². The van der Waals surface area contributed by atoms with Crippen LogP contribution in [-0.2, 0) is 0 Å². The highest BCUT2D eigenvalue weighted by Crippen LogP contribution is 2.17. The molecule has 1 aromatic heterocycles. The van der Waals surface area contributed by atoms with Crippen molar-refractivity contribution in [3.8, 4) is 0 Å². The van der Waals surface area contributed by atoms with Gasteiger partial charge >= 0.3 is 0 Å². The third-order valence-corrected chi connectivity index (χ3v) is 5.03. The van der Waals surface area contributed by atoms with Gasteiger partial charge in [-0.15, -0.1) is 24.0 Å². The number of carbonyl (C=O) groups excluding carboxylic acids is 1. The van der Waals surface area contributed by atoms with Gasteiger partial charge in [-0.2, -0.15) is 0 Å².